The Kier molecular flexibility index (Phi) is 4.08. The van der Waals surface area contributed by atoms with E-state index >= 15 is 0 Å². The fourth-order valence-electron chi connectivity index (χ4n) is 1.49. The molecule has 0 bridgehead atoms. The fraction of sp³-hybridized carbons (Fsp3) is 0.182. The van der Waals surface area contributed by atoms with Crippen LogP contribution in [0.4, 0.5) is 23.2 Å². The molecule has 0 aliphatic heterocycles. The highest BCUT2D eigenvalue weighted by atomic mass is 79.9. The first kappa shape index (κ1) is 13.9. The number of rotatable bonds is 4. The van der Waals surface area contributed by atoms with Crippen molar-refractivity contribution >= 4 is 21.6 Å². The normalized spacial score (nSPS) is 11.1. The van der Waals surface area contributed by atoms with E-state index in [1.807, 2.05) is 0 Å². The number of hydrogen-bond donors (Lipinski definition) is 1. The summed E-state index contributed by atoms with van der Waals surface area (Å²) in [5.74, 6) is -1.93. The molecule has 0 unspecified atom stereocenters. The highest BCUT2D eigenvalue weighted by Crippen LogP contribution is 2.26. The standard InChI is InChI=1S/C11H8BrF4N3/c12-6-3-7(13)8(14)4-9(6)18-5-10-17-1-2-19(10)11(15)16/h1-4,11,18H,5H2. The van der Waals surface area contributed by atoms with Crippen molar-refractivity contribution in [2.24, 2.45) is 0 Å². The largest absolute Gasteiger partial charge is 0.377 e. The maximum atomic E-state index is 13.1. The molecule has 102 valence electrons. The quantitative estimate of drug-likeness (QED) is 0.676. The van der Waals surface area contributed by atoms with Crippen LogP contribution in [0.3, 0.4) is 0 Å². The van der Waals surface area contributed by atoms with E-state index in [-0.39, 0.29) is 18.1 Å². The summed E-state index contributed by atoms with van der Waals surface area (Å²) in [4.78, 5) is 3.76. The van der Waals surface area contributed by atoms with Crippen LogP contribution in [0.2, 0.25) is 0 Å². The predicted molar refractivity (Wildman–Crippen MR) is 64.9 cm³/mol. The molecule has 0 spiro atoms. The summed E-state index contributed by atoms with van der Waals surface area (Å²) in [6, 6.07) is 1.90. The summed E-state index contributed by atoms with van der Waals surface area (Å²) in [5, 5.41) is 2.71. The molecule has 0 saturated carbocycles. The van der Waals surface area contributed by atoms with Gasteiger partial charge < -0.3 is 5.32 Å². The van der Waals surface area contributed by atoms with Crippen LogP contribution in [-0.4, -0.2) is 9.55 Å². The first-order chi connectivity index (χ1) is 8.99. The van der Waals surface area contributed by atoms with Gasteiger partial charge in [0.1, 0.15) is 5.82 Å². The van der Waals surface area contributed by atoms with Crippen LogP contribution in [0, 0.1) is 11.6 Å². The SMILES string of the molecule is Fc1cc(Br)c(NCc2nccn2C(F)F)cc1F. The fourth-order valence-corrected chi connectivity index (χ4v) is 1.95. The lowest BCUT2D eigenvalue weighted by Crippen LogP contribution is -2.09. The van der Waals surface area contributed by atoms with Crippen molar-refractivity contribution in [3.63, 3.8) is 0 Å². The van der Waals surface area contributed by atoms with E-state index < -0.39 is 18.2 Å². The molecular weight excluding hydrogens is 330 g/mol. The van der Waals surface area contributed by atoms with Crippen molar-refractivity contribution < 1.29 is 17.6 Å². The van der Waals surface area contributed by atoms with Gasteiger partial charge in [-0.1, -0.05) is 0 Å². The lowest BCUT2D eigenvalue weighted by Gasteiger charge is -2.10. The summed E-state index contributed by atoms with van der Waals surface area (Å²) in [6.45, 7) is -2.74. The Balaban J connectivity index is 2.15. The van der Waals surface area contributed by atoms with Gasteiger partial charge in [-0.3, -0.25) is 4.57 Å². The van der Waals surface area contributed by atoms with E-state index in [1.54, 1.807) is 0 Å². The molecule has 8 heteroatoms. The van der Waals surface area contributed by atoms with Gasteiger partial charge in [0.15, 0.2) is 11.6 Å². The van der Waals surface area contributed by atoms with Crippen LogP contribution in [0.25, 0.3) is 0 Å². The van der Waals surface area contributed by atoms with E-state index in [9.17, 15) is 17.6 Å². The van der Waals surface area contributed by atoms with Crippen LogP contribution >= 0.6 is 15.9 Å². The Bertz CT molecular complexity index is 585. The molecule has 1 N–H and O–H groups in total. The molecule has 0 amide bonds. The average molecular weight is 338 g/mol. The van der Waals surface area contributed by atoms with Crippen molar-refractivity contribution in [2.75, 3.05) is 5.32 Å². The molecule has 2 rings (SSSR count). The average Bonchev–Trinajstić information content (AvgIpc) is 2.80. The Morgan fingerprint density at radius 1 is 1.26 bits per heavy atom. The molecule has 0 radical (unpaired) electrons. The van der Waals surface area contributed by atoms with Crippen LogP contribution in [-0.2, 0) is 6.54 Å². The number of halogens is 5. The predicted octanol–water partition coefficient (Wildman–Crippen LogP) is 3.93. The monoisotopic (exact) mass is 337 g/mol. The first-order valence-electron chi connectivity index (χ1n) is 5.17. The van der Waals surface area contributed by atoms with Gasteiger partial charge in [-0.25, -0.2) is 13.8 Å². The highest BCUT2D eigenvalue weighted by Gasteiger charge is 2.12. The number of nitrogens with zero attached hydrogens (tertiary/aromatic N) is 2. The van der Waals surface area contributed by atoms with Crippen LogP contribution in [0.15, 0.2) is 29.0 Å². The molecule has 0 fully saturated rings. The van der Waals surface area contributed by atoms with E-state index in [2.05, 4.69) is 26.2 Å². The second-order valence-electron chi connectivity index (χ2n) is 3.63. The van der Waals surface area contributed by atoms with Gasteiger partial charge in [0, 0.05) is 22.9 Å². The summed E-state index contributed by atoms with van der Waals surface area (Å²) in [6.07, 6.45) is 2.38. The van der Waals surface area contributed by atoms with Gasteiger partial charge in [0.05, 0.1) is 12.2 Å². The smallest absolute Gasteiger partial charge is 0.319 e. The summed E-state index contributed by atoms with van der Waals surface area (Å²) in [7, 11) is 0. The van der Waals surface area contributed by atoms with Gasteiger partial charge in [0.25, 0.3) is 0 Å². The number of imidazole rings is 1. The zero-order valence-electron chi connectivity index (χ0n) is 9.38. The van der Waals surface area contributed by atoms with Crippen LogP contribution in [0.1, 0.15) is 12.4 Å². The molecule has 0 aliphatic carbocycles. The number of hydrogen-bond acceptors (Lipinski definition) is 2. The molecule has 1 aromatic carbocycles. The van der Waals surface area contributed by atoms with Gasteiger partial charge in [-0.2, -0.15) is 8.78 Å². The van der Waals surface area contributed by atoms with Gasteiger partial charge in [-0.15, -0.1) is 0 Å². The Labute approximate surface area is 114 Å². The molecule has 19 heavy (non-hydrogen) atoms. The van der Waals surface area contributed by atoms with Crippen molar-refractivity contribution in [1.82, 2.24) is 9.55 Å². The van der Waals surface area contributed by atoms with Gasteiger partial charge >= 0.3 is 6.55 Å². The lowest BCUT2D eigenvalue weighted by atomic mass is 10.3. The van der Waals surface area contributed by atoms with Gasteiger partial charge in [0.2, 0.25) is 0 Å². The van der Waals surface area contributed by atoms with E-state index in [1.165, 1.54) is 6.20 Å². The lowest BCUT2D eigenvalue weighted by molar-refractivity contribution is 0.0673. The van der Waals surface area contributed by atoms with Crippen LogP contribution < -0.4 is 5.32 Å². The minimum atomic E-state index is -2.70. The topological polar surface area (TPSA) is 29.9 Å². The van der Waals surface area contributed by atoms with E-state index in [0.717, 1.165) is 18.3 Å². The number of aromatic nitrogens is 2. The van der Waals surface area contributed by atoms with Crippen molar-refractivity contribution in [3.8, 4) is 0 Å². The second-order valence-corrected chi connectivity index (χ2v) is 4.48. The number of alkyl halides is 2. The number of benzene rings is 1. The molecule has 0 atom stereocenters. The van der Waals surface area contributed by atoms with Crippen molar-refractivity contribution in [1.29, 1.82) is 0 Å². The molecule has 1 heterocycles. The number of nitrogens with one attached hydrogen (secondary N) is 1. The second kappa shape index (κ2) is 5.60. The van der Waals surface area contributed by atoms with Crippen molar-refractivity contribution in [3.05, 3.63) is 46.5 Å². The Morgan fingerprint density at radius 3 is 2.63 bits per heavy atom. The van der Waals surface area contributed by atoms with E-state index in [4.69, 9.17) is 0 Å². The van der Waals surface area contributed by atoms with Gasteiger partial charge in [-0.05, 0) is 22.0 Å². The number of anilines is 1. The molecule has 0 aliphatic rings. The zero-order chi connectivity index (χ0) is 14.0. The third-order valence-corrected chi connectivity index (χ3v) is 3.06. The third kappa shape index (κ3) is 3.06. The summed E-state index contributed by atoms with van der Waals surface area (Å²) in [5.41, 5.74) is 0.253. The Hall–Kier alpha value is -1.57. The molecule has 2 aromatic rings. The minimum Gasteiger partial charge on any atom is -0.377 e. The molecule has 3 nitrogen and oxygen atoms in total. The first-order valence-corrected chi connectivity index (χ1v) is 5.96. The zero-order valence-corrected chi connectivity index (χ0v) is 11.0. The molecule has 0 saturated heterocycles. The third-order valence-electron chi connectivity index (χ3n) is 2.41. The maximum absolute atomic E-state index is 13.1. The summed E-state index contributed by atoms with van der Waals surface area (Å²) < 4.78 is 52.0. The summed E-state index contributed by atoms with van der Waals surface area (Å²) >= 11 is 3.05. The highest BCUT2D eigenvalue weighted by molar-refractivity contribution is 9.10. The van der Waals surface area contributed by atoms with E-state index in [0.29, 0.717) is 9.04 Å². The maximum Gasteiger partial charge on any atom is 0.319 e. The molecule has 1 aromatic heterocycles. The van der Waals surface area contributed by atoms with Crippen molar-refractivity contribution in [2.45, 2.75) is 13.1 Å². The van der Waals surface area contributed by atoms with Crippen LogP contribution in [0.5, 0.6) is 0 Å². The minimum absolute atomic E-state index is 0.0407. The molecular formula is C11H8BrF4N3. The Morgan fingerprint density at radius 2 is 1.95 bits per heavy atom.